The number of ether oxygens (including phenoxy) is 1. The summed E-state index contributed by atoms with van der Waals surface area (Å²) in [5.74, 6) is -2.07. The predicted molar refractivity (Wildman–Crippen MR) is 58.0 cm³/mol. The number of hydrogen-bond donors (Lipinski definition) is 2. The second-order valence-electron chi connectivity index (χ2n) is 3.78. The maximum Gasteiger partial charge on any atom is 0.344 e. The molecular weight excluding hydrogens is 212 g/mol. The highest BCUT2D eigenvalue weighted by Gasteiger charge is 2.22. The van der Waals surface area contributed by atoms with Crippen LogP contribution < -0.4 is 0 Å². The molecule has 5 nitrogen and oxygen atoms in total. The van der Waals surface area contributed by atoms with Crippen molar-refractivity contribution in [3.63, 3.8) is 0 Å². The van der Waals surface area contributed by atoms with Crippen molar-refractivity contribution in [3.05, 3.63) is 0 Å². The molecule has 2 unspecified atom stereocenters. The van der Waals surface area contributed by atoms with Gasteiger partial charge in [-0.3, -0.25) is 0 Å². The monoisotopic (exact) mass is 232 g/mol. The van der Waals surface area contributed by atoms with Gasteiger partial charge in [-0.15, -0.1) is 0 Å². The molecule has 0 aromatic rings. The average Bonchev–Trinajstić information content (AvgIpc) is 2.23. The van der Waals surface area contributed by atoms with Crippen LogP contribution in [-0.4, -0.2) is 34.4 Å². The molecule has 0 radical (unpaired) electrons. The van der Waals surface area contributed by atoms with Gasteiger partial charge in [-0.1, -0.05) is 32.6 Å². The first-order valence-electron chi connectivity index (χ1n) is 5.60. The Hall–Kier alpha value is -1.10. The summed E-state index contributed by atoms with van der Waals surface area (Å²) in [5, 5.41) is 17.9. The SMILES string of the molecule is CCCCCCC(O)C(=O)OC(C)C(=O)O. The zero-order valence-corrected chi connectivity index (χ0v) is 9.81. The molecule has 0 amide bonds. The molecule has 0 fully saturated rings. The van der Waals surface area contributed by atoms with E-state index >= 15 is 0 Å². The molecule has 0 aromatic heterocycles. The van der Waals surface area contributed by atoms with Crippen molar-refractivity contribution in [1.29, 1.82) is 0 Å². The minimum atomic E-state index is -1.22. The van der Waals surface area contributed by atoms with E-state index in [1.165, 1.54) is 6.92 Å². The summed E-state index contributed by atoms with van der Waals surface area (Å²) in [4.78, 5) is 21.6. The fourth-order valence-corrected chi connectivity index (χ4v) is 1.19. The molecular formula is C11H20O5. The Kier molecular flexibility index (Phi) is 7.54. The number of unbranched alkanes of at least 4 members (excludes halogenated alkanes) is 3. The highest BCUT2D eigenvalue weighted by molar-refractivity contribution is 5.79. The molecule has 2 atom stereocenters. The number of hydrogen-bond acceptors (Lipinski definition) is 4. The maximum absolute atomic E-state index is 11.2. The van der Waals surface area contributed by atoms with Crippen molar-refractivity contribution < 1.29 is 24.5 Å². The number of carbonyl (C=O) groups excluding carboxylic acids is 1. The van der Waals surface area contributed by atoms with Crippen molar-refractivity contribution in [1.82, 2.24) is 0 Å². The Labute approximate surface area is 95.4 Å². The largest absolute Gasteiger partial charge is 0.479 e. The Morgan fingerprint density at radius 1 is 1.25 bits per heavy atom. The Morgan fingerprint density at radius 2 is 1.88 bits per heavy atom. The van der Waals surface area contributed by atoms with E-state index in [4.69, 9.17) is 5.11 Å². The fraction of sp³-hybridized carbons (Fsp3) is 0.818. The Bertz CT molecular complexity index is 226. The van der Waals surface area contributed by atoms with Gasteiger partial charge in [0.25, 0.3) is 0 Å². The van der Waals surface area contributed by atoms with Crippen molar-refractivity contribution in [2.45, 2.75) is 58.2 Å². The van der Waals surface area contributed by atoms with Crippen LogP contribution >= 0.6 is 0 Å². The van der Waals surface area contributed by atoms with Crippen LogP contribution in [-0.2, 0) is 14.3 Å². The van der Waals surface area contributed by atoms with Gasteiger partial charge in [-0.25, -0.2) is 9.59 Å². The highest BCUT2D eigenvalue weighted by Crippen LogP contribution is 2.07. The van der Waals surface area contributed by atoms with Crippen molar-refractivity contribution in [3.8, 4) is 0 Å². The summed E-state index contributed by atoms with van der Waals surface area (Å²) in [6.45, 7) is 3.32. The Morgan fingerprint density at radius 3 is 2.38 bits per heavy atom. The molecule has 0 aliphatic rings. The first kappa shape index (κ1) is 14.9. The molecule has 2 N–H and O–H groups in total. The van der Waals surface area contributed by atoms with Gasteiger partial charge in [-0.05, 0) is 13.3 Å². The summed E-state index contributed by atoms with van der Waals surface area (Å²) in [6, 6.07) is 0. The molecule has 0 aliphatic carbocycles. The lowest BCUT2D eigenvalue weighted by Crippen LogP contribution is -2.30. The third-order valence-corrected chi connectivity index (χ3v) is 2.24. The van der Waals surface area contributed by atoms with E-state index in [0.717, 1.165) is 25.7 Å². The minimum absolute atomic E-state index is 0.325. The fourth-order valence-electron chi connectivity index (χ4n) is 1.19. The lowest BCUT2D eigenvalue weighted by Gasteiger charge is -2.12. The van der Waals surface area contributed by atoms with Crippen LogP contribution in [0.4, 0.5) is 0 Å². The van der Waals surface area contributed by atoms with Crippen LogP contribution in [0.2, 0.25) is 0 Å². The third-order valence-electron chi connectivity index (χ3n) is 2.24. The van der Waals surface area contributed by atoms with E-state index in [1.54, 1.807) is 0 Å². The number of carboxylic acids is 1. The standard InChI is InChI=1S/C11H20O5/c1-3-4-5-6-7-9(12)11(15)16-8(2)10(13)14/h8-9,12H,3-7H2,1-2H3,(H,13,14). The highest BCUT2D eigenvalue weighted by atomic mass is 16.6. The second kappa shape index (κ2) is 8.10. The van der Waals surface area contributed by atoms with E-state index in [-0.39, 0.29) is 0 Å². The number of aliphatic hydroxyl groups is 1. The van der Waals surface area contributed by atoms with Crippen LogP contribution in [0, 0.1) is 0 Å². The predicted octanol–water partition coefficient (Wildman–Crippen LogP) is 1.33. The van der Waals surface area contributed by atoms with Crippen molar-refractivity contribution in [2.75, 3.05) is 0 Å². The molecule has 5 heteroatoms. The molecule has 0 saturated heterocycles. The molecule has 0 aliphatic heterocycles. The van der Waals surface area contributed by atoms with Crippen LogP contribution in [0.1, 0.15) is 46.0 Å². The maximum atomic E-state index is 11.2. The first-order chi connectivity index (χ1) is 7.49. The van der Waals surface area contributed by atoms with Crippen LogP contribution in [0.15, 0.2) is 0 Å². The zero-order valence-electron chi connectivity index (χ0n) is 9.81. The van der Waals surface area contributed by atoms with Gasteiger partial charge in [0.15, 0.2) is 12.2 Å². The van der Waals surface area contributed by atoms with Gasteiger partial charge >= 0.3 is 11.9 Å². The summed E-state index contributed by atoms with van der Waals surface area (Å²) >= 11 is 0. The van der Waals surface area contributed by atoms with Crippen LogP contribution in [0.3, 0.4) is 0 Å². The molecule has 0 aromatic carbocycles. The lowest BCUT2D eigenvalue weighted by atomic mass is 10.1. The number of esters is 1. The number of rotatable bonds is 8. The average molecular weight is 232 g/mol. The van der Waals surface area contributed by atoms with Gasteiger partial charge < -0.3 is 14.9 Å². The van der Waals surface area contributed by atoms with Gasteiger partial charge in [0.1, 0.15) is 0 Å². The number of aliphatic carboxylic acids is 1. The molecule has 0 heterocycles. The molecule has 0 saturated carbocycles. The van der Waals surface area contributed by atoms with Crippen molar-refractivity contribution >= 4 is 11.9 Å². The van der Waals surface area contributed by atoms with E-state index in [2.05, 4.69) is 11.7 Å². The first-order valence-corrected chi connectivity index (χ1v) is 5.60. The summed E-state index contributed by atoms with van der Waals surface area (Å²) < 4.78 is 4.54. The van der Waals surface area contributed by atoms with Crippen LogP contribution in [0.25, 0.3) is 0 Å². The van der Waals surface area contributed by atoms with Gasteiger partial charge in [0, 0.05) is 0 Å². The number of aliphatic hydroxyl groups excluding tert-OH is 1. The van der Waals surface area contributed by atoms with E-state index in [9.17, 15) is 14.7 Å². The zero-order chi connectivity index (χ0) is 12.6. The van der Waals surface area contributed by atoms with Gasteiger partial charge in [-0.2, -0.15) is 0 Å². The number of carboxylic acid groups (broad SMARTS) is 1. The van der Waals surface area contributed by atoms with Gasteiger partial charge in [0.05, 0.1) is 0 Å². The number of carbonyl (C=O) groups is 2. The quantitative estimate of drug-likeness (QED) is 0.487. The molecule has 0 spiro atoms. The topological polar surface area (TPSA) is 83.8 Å². The smallest absolute Gasteiger partial charge is 0.344 e. The van der Waals surface area contributed by atoms with Gasteiger partial charge in [0.2, 0.25) is 0 Å². The Balaban J connectivity index is 3.77. The van der Waals surface area contributed by atoms with Crippen LogP contribution in [0.5, 0.6) is 0 Å². The summed E-state index contributed by atoms with van der Waals surface area (Å²) in [5.41, 5.74) is 0. The minimum Gasteiger partial charge on any atom is -0.479 e. The molecule has 94 valence electrons. The summed E-state index contributed by atoms with van der Waals surface area (Å²) in [6.07, 6.45) is 1.74. The van der Waals surface area contributed by atoms with E-state index < -0.39 is 24.1 Å². The normalized spacial score (nSPS) is 14.2. The molecule has 16 heavy (non-hydrogen) atoms. The van der Waals surface area contributed by atoms with E-state index in [1.807, 2.05) is 0 Å². The lowest BCUT2D eigenvalue weighted by molar-refractivity contribution is -0.169. The van der Waals surface area contributed by atoms with E-state index in [0.29, 0.717) is 6.42 Å². The second-order valence-corrected chi connectivity index (χ2v) is 3.78. The van der Waals surface area contributed by atoms with Crippen molar-refractivity contribution in [2.24, 2.45) is 0 Å². The third kappa shape index (κ3) is 6.40. The summed E-state index contributed by atoms with van der Waals surface area (Å²) in [7, 11) is 0. The molecule has 0 bridgehead atoms. The molecule has 0 rings (SSSR count).